The molecule has 1 heterocycles. The van der Waals surface area contributed by atoms with E-state index in [-0.39, 0.29) is 23.8 Å². The third-order valence-corrected chi connectivity index (χ3v) is 5.05. The Balaban J connectivity index is 2.07. The summed E-state index contributed by atoms with van der Waals surface area (Å²) in [7, 11) is 0. The zero-order valence-corrected chi connectivity index (χ0v) is 15.5. The molecule has 1 aromatic rings. The molecule has 1 unspecified atom stereocenters. The van der Waals surface area contributed by atoms with E-state index in [1.54, 1.807) is 0 Å². The zero-order chi connectivity index (χ0) is 18.2. The Hall–Kier alpha value is -1.88. The third-order valence-electron chi connectivity index (χ3n) is 5.05. The number of nitrogens with zero attached hydrogens (tertiary/aromatic N) is 2. The lowest BCUT2D eigenvalue weighted by atomic mass is 10.1. The standard InChI is InChI=1S/C20H31N3O2/c1-3-18(4-2)23-15-17(13-19(23)24)20(25)22(12-8-11-21)14-16-9-6-5-7-10-16/h5-7,9-10,17-18H,3-4,8,11-15,21H2,1-2H3. The highest BCUT2D eigenvalue weighted by molar-refractivity contribution is 5.89. The van der Waals surface area contributed by atoms with Crippen LogP contribution in [0.4, 0.5) is 0 Å². The number of carbonyl (C=O) groups excluding carboxylic acids is 2. The van der Waals surface area contributed by atoms with Crippen molar-refractivity contribution in [2.24, 2.45) is 11.7 Å². The molecule has 1 saturated heterocycles. The van der Waals surface area contributed by atoms with Crippen LogP contribution in [-0.2, 0) is 16.1 Å². The maximum absolute atomic E-state index is 13.1. The van der Waals surface area contributed by atoms with Crippen LogP contribution < -0.4 is 5.73 Å². The maximum atomic E-state index is 13.1. The summed E-state index contributed by atoms with van der Waals surface area (Å²) in [6.07, 6.45) is 2.98. The van der Waals surface area contributed by atoms with E-state index < -0.39 is 0 Å². The van der Waals surface area contributed by atoms with Gasteiger partial charge >= 0.3 is 0 Å². The highest BCUT2D eigenvalue weighted by Crippen LogP contribution is 2.25. The smallest absolute Gasteiger partial charge is 0.228 e. The van der Waals surface area contributed by atoms with Crippen molar-refractivity contribution in [2.75, 3.05) is 19.6 Å². The van der Waals surface area contributed by atoms with E-state index in [0.717, 1.165) is 24.8 Å². The van der Waals surface area contributed by atoms with Gasteiger partial charge in [-0.15, -0.1) is 0 Å². The van der Waals surface area contributed by atoms with E-state index in [4.69, 9.17) is 5.73 Å². The second-order valence-electron chi connectivity index (χ2n) is 6.81. The van der Waals surface area contributed by atoms with Gasteiger partial charge in [-0.3, -0.25) is 9.59 Å². The van der Waals surface area contributed by atoms with Gasteiger partial charge in [-0.2, -0.15) is 0 Å². The lowest BCUT2D eigenvalue weighted by molar-refractivity contribution is -0.136. The highest BCUT2D eigenvalue weighted by Gasteiger charge is 2.38. The molecule has 1 fully saturated rings. The molecule has 5 nitrogen and oxygen atoms in total. The minimum absolute atomic E-state index is 0.0825. The quantitative estimate of drug-likeness (QED) is 0.747. The largest absolute Gasteiger partial charge is 0.339 e. The molecule has 0 spiro atoms. The molecule has 1 atom stereocenters. The predicted octanol–water partition coefficient (Wildman–Crippen LogP) is 2.40. The second-order valence-corrected chi connectivity index (χ2v) is 6.81. The minimum Gasteiger partial charge on any atom is -0.339 e. The van der Waals surface area contributed by atoms with Crippen LogP contribution in [0, 0.1) is 5.92 Å². The van der Waals surface area contributed by atoms with Gasteiger partial charge in [0.1, 0.15) is 0 Å². The monoisotopic (exact) mass is 345 g/mol. The number of likely N-dealkylation sites (tertiary alicyclic amines) is 1. The fourth-order valence-corrected chi connectivity index (χ4v) is 3.59. The van der Waals surface area contributed by atoms with Crippen molar-refractivity contribution in [3.8, 4) is 0 Å². The van der Waals surface area contributed by atoms with Crippen LogP contribution in [0.2, 0.25) is 0 Å². The number of benzene rings is 1. The molecule has 25 heavy (non-hydrogen) atoms. The van der Waals surface area contributed by atoms with Gasteiger partial charge in [-0.05, 0) is 31.4 Å². The van der Waals surface area contributed by atoms with Crippen molar-refractivity contribution in [1.82, 2.24) is 9.80 Å². The van der Waals surface area contributed by atoms with Gasteiger partial charge in [0.15, 0.2) is 0 Å². The summed E-state index contributed by atoms with van der Waals surface area (Å²) >= 11 is 0. The van der Waals surface area contributed by atoms with Gasteiger partial charge < -0.3 is 15.5 Å². The van der Waals surface area contributed by atoms with Gasteiger partial charge in [-0.25, -0.2) is 0 Å². The Bertz CT molecular complexity index is 557. The molecular formula is C20H31N3O2. The Morgan fingerprint density at radius 1 is 1.28 bits per heavy atom. The minimum atomic E-state index is -0.227. The summed E-state index contributed by atoms with van der Waals surface area (Å²) < 4.78 is 0. The Morgan fingerprint density at radius 2 is 1.96 bits per heavy atom. The van der Waals surface area contributed by atoms with E-state index in [0.29, 0.717) is 32.6 Å². The van der Waals surface area contributed by atoms with Crippen molar-refractivity contribution < 1.29 is 9.59 Å². The molecule has 5 heteroatoms. The predicted molar refractivity (Wildman–Crippen MR) is 99.7 cm³/mol. The average Bonchev–Trinajstić information content (AvgIpc) is 3.02. The Morgan fingerprint density at radius 3 is 2.56 bits per heavy atom. The van der Waals surface area contributed by atoms with E-state index in [2.05, 4.69) is 13.8 Å². The summed E-state index contributed by atoms with van der Waals surface area (Å²) in [5.74, 6) is -0.0285. The summed E-state index contributed by atoms with van der Waals surface area (Å²) in [5.41, 5.74) is 6.75. The van der Waals surface area contributed by atoms with Crippen LogP contribution in [0.3, 0.4) is 0 Å². The first-order chi connectivity index (χ1) is 12.1. The molecular weight excluding hydrogens is 314 g/mol. The summed E-state index contributed by atoms with van der Waals surface area (Å²) in [5, 5.41) is 0. The second kappa shape index (κ2) is 9.56. The van der Waals surface area contributed by atoms with Crippen LogP contribution >= 0.6 is 0 Å². The van der Waals surface area contributed by atoms with E-state index >= 15 is 0 Å². The Labute approximate surface area is 151 Å². The van der Waals surface area contributed by atoms with Crippen LogP contribution in [0.5, 0.6) is 0 Å². The van der Waals surface area contributed by atoms with Crippen LogP contribution in [0.15, 0.2) is 30.3 Å². The Kier molecular flexibility index (Phi) is 7.44. The summed E-state index contributed by atoms with van der Waals surface area (Å²) in [6, 6.07) is 10.2. The van der Waals surface area contributed by atoms with Crippen LogP contribution in [-0.4, -0.2) is 47.3 Å². The number of hydrogen-bond donors (Lipinski definition) is 1. The van der Waals surface area contributed by atoms with Crippen LogP contribution in [0.25, 0.3) is 0 Å². The summed E-state index contributed by atoms with van der Waals surface area (Å²) in [6.45, 7) is 6.52. The van der Waals surface area contributed by atoms with Gasteiger partial charge in [0.05, 0.1) is 5.92 Å². The lowest BCUT2D eigenvalue weighted by Crippen LogP contribution is -2.40. The molecule has 138 valence electrons. The maximum Gasteiger partial charge on any atom is 0.228 e. The zero-order valence-electron chi connectivity index (χ0n) is 15.5. The van der Waals surface area contributed by atoms with Crippen molar-refractivity contribution in [2.45, 2.75) is 52.1 Å². The number of amides is 2. The fourth-order valence-electron chi connectivity index (χ4n) is 3.59. The number of nitrogens with two attached hydrogens (primary N) is 1. The first-order valence-electron chi connectivity index (χ1n) is 9.42. The fraction of sp³-hybridized carbons (Fsp3) is 0.600. The number of carbonyl (C=O) groups is 2. The van der Waals surface area contributed by atoms with Gasteiger partial charge in [-0.1, -0.05) is 44.2 Å². The molecule has 0 saturated carbocycles. The molecule has 1 aromatic carbocycles. The van der Waals surface area contributed by atoms with Gasteiger partial charge in [0.2, 0.25) is 11.8 Å². The van der Waals surface area contributed by atoms with Gasteiger partial charge in [0.25, 0.3) is 0 Å². The molecule has 0 radical (unpaired) electrons. The van der Waals surface area contributed by atoms with Crippen molar-refractivity contribution >= 4 is 11.8 Å². The van der Waals surface area contributed by atoms with Crippen molar-refractivity contribution in [3.05, 3.63) is 35.9 Å². The van der Waals surface area contributed by atoms with Crippen molar-refractivity contribution in [1.29, 1.82) is 0 Å². The van der Waals surface area contributed by atoms with E-state index in [1.807, 2.05) is 40.1 Å². The molecule has 0 aromatic heterocycles. The normalized spacial score (nSPS) is 17.4. The van der Waals surface area contributed by atoms with E-state index in [9.17, 15) is 9.59 Å². The first kappa shape index (κ1) is 19.4. The van der Waals surface area contributed by atoms with E-state index in [1.165, 1.54) is 0 Å². The first-order valence-corrected chi connectivity index (χ1v) is 9.42. The van der Waals surface area contributed by atoms with Crippen molar-refractivity contribution in [3.63, 3.8) is 0 Å². The molecule has 2 rings (SSSR count). The average molecular weight is 345 g/mol. The molecule has 2 amide bonds. The lowest BCUT2D eigenvalue weighted by Gasteiger charge is -2.28. The number of rotatable bonds is 9. The highest BCUT2D eigenvalue weighted by atomic mass is 16.2. The third kappa shape index (κ3) is 5.05. The van der Waals surface area contributed by atoms with Gasteiger partial charge in [0, 0.05) is 32.1 Å². The summed E-state index contributed by atoms with van der Waals surface area (Å²) in [4.78, 5) is 29.2. The molecule has 2 N–H and O–H groups in total. The molecule has 1 aliphatic rings. The molecule has 0 bridgehead atoms. The van der Waals surface area contributed by atoms with Crippen LogP contribution in [0.1, 0.15) is 45.1 Å². The molecule has 1 aliphatic heterocycles. The SMILES string of the molecule is CCC(CC)N1CC(C(=O)N(CCCN)Cc2ccccc2)CC1=O. The topological polar surface area (TPSA) is 66.6 Å². The number of hydrogen-bond acceptors (Lipinski definition) is 3. The molecule has 0 aliphatic carbocycles.